The van der Waals surface area contributed by atoms with Crippen LogP contribution in [0.4, 0.5) is 13.2 Å². The molecule has 1 aromatic rings. The van der Waals surface area contributed by atoms with Gasteiger partial charge in [0.25, 0.3) is 0 Å². The average molecular weight is 314 g/mol. The summed E-state index contributed by atoms with van der Waals surface area (Å²) in [6.45, 7) is 5.05. The van der Waals surface area contributed by atoms with Crippen LogP contribution in [-0.2, 0) is 16.4 Å². The summed E-state index contributed by atoms with van der Waals surface area (Å²) in [6.07, 6.45) is -3.56. The van der Waals surface area contributed by atoms with Gasteiger partial charge in [-0.1, -0.05) is 18.2 Å². The average Bonchev–Trinajstić information content (AvgIpc) is 2.94. The number of nitrogens with two attached hydrogens (primary N) is 1. The summed E-state index contributed by atoms with van der Waals surface area (Å²) in [5.41, 5.74) is 4.27. The van der Waals surface area contributed by atoms with Crippen molar-refractivity contribution in [2.24, 2.45) is 11.7 Å². The van der Waals surface area contributed by atoms with Crippen molar-refractivity contribution in [3.63, 3.8) is 0 Å². The summed E-state index contributed by atoms with van der Waals surface area (Å²) in [6, 6.07) is 5.00. The molecule has 2 N–H and O–H groups in total. The van der Waals surface area contributed by atoms with E-state index in [4.69, 9.17) is 5.73 Å². The number of amides is 1. The molecule has 1 aliphatic rings. The second kappa shape index (κ2) is 5.91. The van der Waals surface area contributed by atoms with Crippen LogP contribution in [0.3, 0.4) is 0 Å². The SMILES string of the molecule is CC(C)(C(=O)N1CCC(CN)C1)c1cccc(C(F)(F)F)c1. The lowest BCUT2D eigenvalue weighted by Crippen LogP contribution is -2.42. The molecule has 1 amide bonds. The fraction of sp³-hybridized carbons (Fsp3) is 0.562. The Labute approximate surface area is 128 Å². The number of hydrogen-bond acceptors (Lipinski definition) is 2. The minimum absolute atomic E-state index is 0.150. The Bertz CT molecular complexity index is 555. The quantitative estimate of drug-likeness (QED) is 0.932. The fourth-order valence-corrected chi connectivity index (χ4v) is 2.81. The highest BCUT2D eigenvalue weighted by atomic mass is 19.4. The minimum Gasteiger partial charge on any atom is -0.342 e. The molecular weight excluding hydrogens is 293 g/mol. The van der Waals surface area contributed by atoms with E-state index < -0.39 is 17.2 Å². The number of carbonyl (C=O) groups is 1. The van der Waals surface area contributed by atoms with Crippen LogP contribution in [0.5, 0.6) is 0 Å². The summed E-state index contributed by atoms with van der Waals surface area (Å²) < 4.78 is 38.5. The normalized spacial score (nSPS) is 19.5. The first kappa shape index (κ1) is 16.8. The van der Waals surface area contributed by atoms with Gasteiger partial charge in [0.1, 0.15) is 0 Å². The number of likely N-dealkylation sites (tertiary alicyclic amines) is 1. The maximum Gasteiger partial charge on any atom is 0.416 e. The monoisotopic (exact) mass is 314 g/mol. The third-order valence-corrected chi connectivity index (χ3v) is 4.35. The Balaban J connectivity index is 2.25. The maximum atomic E-state index is 12.8. The van der Waals surface area contributed by atoms with Gasteiger partial charge < -0.3 is 10.6 Å². The molecule has 0 spiro atoms. The van der Waals surface area contributed by atoms with E-state index in [2.05, 4.69) is 0 Å². The highest BCUT2D eigenvalue weighted by molar-refractivity contribution is 5.87. The molecule has 0 bridgehead atoms. The topological polar surface area (TPSA) is 46.3 Å². The molecule has 1 fully saturated rings. The molecule has 0 aromatic heterocycles. The highest BCUT2D eigenvalue weighted by Crippen LogP contribution is 2.34. The van der Waals surface area contributed by atoms with Gasteiger partial charge in [0, 0.05) is 13.1 Å². The molecule has 3 nitrogen and oxygen atoms in total. The first-order chi connectivity index (χ1) is 10.2. The van der Waals surface area contributed by atoms with E-state index in [0.29, 0.717) is 25.2 Å². The van der Waals surface area contributed by atoms with Crippen molar-refractivity contribution in [3.8, 4) is 0 Å². The molecule has 0 saturated carbocycles. The number of hydrogen-bond donors (Lipinski definition) is 1. The Morgan fingerprint density at radius 2 is 1.95 bits per heavy atom. The van der Waals surface area contributed by atoms with Crippen molar-refractivity contribution < 1.29 is 18.0 Å². The van der Waals surface area contributed by atoms with Crippen LogP contribution in [0.1, 0.15) is 31.4 Å². The smallest absolute Gasteiger partial charge is 0.342 e. The standard InChI is InChI=1S/C16H21F3N2O/c1-15(2,14(22)21-7-6-11(9-20)10-21)12-4-3-5-13(8-12)16(17,18)19/h3-5,8,11H,6-7,9-10,20H2,1-2H3. The van der Waals surface area contributed by atoms with Crippen molar-refractivity contribution >= 4 is 5.91 Å². The van der Waals surface area contributed by atoms with E-state index >= 15 is 0 Å². The Kier molecular flexibility index (Phi) is 4.52. The van der Waals surface area contributed by atoms with Crippen LogP contribution in [0.2, 0.25) is 0 Å². The van der Waals surface area contributed by atoms with Crippen LogP contribution in [0.15, 0.2) is 24.3 Å². The Morgan fingerprint density at radius 3 is 2.50 bits per heavy atom. The van der Waals surface area contributed by atoms with Crippen LogP contribution in [0, 0.1) is 5.92 Å². The summed E-state index contributed by atoms with van der Waals surface area (Å²) >= 11 is 0. The third-order valence-electron chi connectivity index (χ3n) is 4.35. The van der Waals surface area contributed by atoms with Crippen molar-refractivity contribution in [2.45, 2.75) is 31.9 Å². The predicted molar refractivity (Wildman–Crippen MR) is 78.2 cm³/mol. The zero-order chi connectivity index (χ0) is 16.5. The van der Waals surface area contributed by atoms with Crippen molar-refractivity contribution in [3.05, 3.63) is 35.4 Å². The first-order valence-electron chi connectivity index (χ1n) is 7.33. The maximum absolute atomic E-state index is 12.8. The zero-order valence-corrected chi connectivity index (χ0v) is 12.8. The van der Waals surface area contributed by atoms with Gasteiger partial charge in [0.15, 0.2) is 0 Å². The van der Waals surface area contributed by atoms with Gasteiger partial charge in [-0.3, -0.25) is 4.79 Å². The molecule has 1 atom stereocenters. The summed E-state index contributed by atoms with van der Waals surface area (Å²) in [5, 5.41) is 0. The molecule has 6 heteroatoms. The lowest BCUT2D eigenvalue weighted by Gasteiger charge is -2.30. The first-order valence-corrected chi connectivity index (χ1v) is 7.33. The molecule has 1 unspecified atom stereocenters. The number of nitrogens with zero attached hydrogens (tertiary/aromatic N) is 1. The number of benzene rings is 1. The van der Waals surface area contributed by atoms with Gasteiger partial charge in [-0.05, 0) is 44.4 Å². The third kappa shape index (κ3) is 3.27. The molecule has 22 heavy (non-hydrogen) atoms. The summed E-state index contributed by atoms with van der Waals surface area (Å²) in [5.74, 6) is 0.129. The molecule has 1 aliphatic heterocycles. The minimum atomic E-state index is -4.41. The van der Waals surface area contributed by atoms with Gasteiger partial charge in [0.2, 0.25) is 5.91 Å². The van der Waals surface area contributed by atoms with Crippen LogP contribution in [0.25, 0.3) is 0 Å². The van der Waals surface area contributed by atoms with Gasteiger partial charge in [-0.25, -0.2) is 0 Å². The van der Waals surface area contributed by atoms with E-state index in [1.807, 2.05) is 0 Å². The Hall–Kier alpha value is -1.56. The summed E-state index contributed by atoms with van der Waals surface area (Å²) in [4.78, 5) is 14.4. The van der Waals surface area contributed by atoms with E-state index in [0.717, 1.165) is 18.6 Å². The fourth-order valence-electron chi connectivity index (χ4n) is 2.81. The van der Waals surface area contributed by atoms with Crippen LogP contribution < -0.4 is 5.73 Å². The Morgan fingerprint density at radius 1 is 1.32 bits per heavy atom. The van der Waals surface area contributed by atoms with Crippen molar-refractivity contribution in [2.75, 3.05) is 19.6 Å². The van der Waals surface area contributed by atoms with Gasteiger partial charge >= 0.3 is 6.18 Å². The molecule has 0 aliphatic carbocycles. The van der Waals surface area contributed by atoms with Gasteiger partial charge in [-0.2, -0.15) is 13.2 Å². The second-order valence-corrected chi connectivity index (χ2v) is 6.35. The molecule has 1 heterocycles. The van der Waals surface area contributed by atoms with E-state index in [-0.39, 0.29) is 11.8 Å². The molecular formula is C16H21F3N2O. The lowest BCUT2D eigenvalue weighted by atomic mass is 9.82. The molecule has 122 valence electrons. The lowest BCUT2D eigenvalue weighted by molar-refractivity contribution is -0.138. The largest absolute Gasteiger partial charge is 0.416 e. The number of alkyl halides is 3. The van der Waals surface area contributed by atoms with Crippen molar-refractivity contribution in [1.82, 2.24) is 4.90 Å². The number of rotatable bonds is 3. The molecule has 2 rings (SSSR count). The molecule has 0 radical (unpaired) electrons. The van der Waals surface area contributed by atoms with Crippen LogP contribution in [-0.4, -0.2) is 30.4 Å². The van der Waals surface area contributed by atoms with Gasteiger partial charge in [0.05, 0.1) is 11.0 Å². The predicted octanol–water partition coefficient (Wildman–Crippen LogP) is 2.79. The van der Waals surface area contributed by atoms with Crippen LogP contribution >= 0.6 is 0 Å². The molecule has 1 aromatic carbocycles. The molecule has 1 saturated heterocycles. The van der Waals surface area contributed by atoms with E-state index in [1.54, 1.807) is 24.8 Å². The summed E-state index contributed by atoms with van der Waals surface area (Å²) in [7, 11) is 0. The van der Waals surface area contributed by atoms with E-state index in [9.17, 15) is 18.0 Å². The van der Waals surface area contributed by atoms with Gasteiger partial charge in [-0.15, -0.1) is 0 Å². The second-order valence-electron chi connectivity index (χ2n) is 6.35. The number of carbonyl (C=O) groups excluding carboxylic acids is 1. The number of halogens is 3. The highest BCUT2D eigenvalue weighted by Gasteiger charge is 2.38. The van der Waals surface area contributed by atoms with E-state index in [1.165, 1.54) is 6.07 Å². The zero-order valence-electron chi connectivity index (χ0n) is 12.8. The van der Waals surface area contributed by atoms with Crippen molar-refractivity contribution in [1.29, 1.82) is 0 Å².